The molecule has 0 unspecified atom stereocenters. The van der Waals surface area contributed by atoms with Crippen molar-refractivity contribution in [2.75, 3.05) is 11.9 Å². The van der Waals surface area contributed by atoms with Crippen LogP contribution in [-0.4, -0.2) is 48.4 Å². The molecule has 0 atom stereocenters. The van der Waals surface area contributed by atoms with Gasteiger partial charge in [0.2, 0.25) is 0 Å². The lowest BCUT2D eigenvalue weighted by molar-refractivity contribution is -0.274. The van der Waals surface area contributed by atoms with E-state index in [0.717, 1.165) is 18.2 Å². The second kappa shape index (κ2) is 11.5. The van der Waals surface area contributed by atoms with Crippen molar-refractivity contribution in [3.05, 3.63) is 48.0 Å². The van der Waals surface area contributed by atoms with Gasteiger partial charge in [0.15, 0.2) is 6.61 Å². The molecule has 1 saturated carbocycles. The van der Waals surface area contributed by atoms with Crippen LogP contribution in [0.3, 0.4) is 0 Å². The summed E-state index contributed by atoms with van der Waals surface area (Å²) in [6, 6.07) is 7.42. The number of rotatable bonds is 8. The van der Waals surface area contributed by atoms with Gasteiger partial charge in [0.25, 0.3) is 0 Å². The van der Waals surface area contributed by atoms with Gasteiger partial charge in [-0.1, -0.05) is 6.07 Å². The van der Waals surface area contributed by atoms with Gasteiger partial charge in [-0.25, -0.2) is 9.59 Å². The molecule has 2 amide bonds. The SMILES string of the molecule is O=C(Nc1cccc(OCC(F)(F)F)c1)NC1CCC(Oc2ccc(OC(F)(F)F)cc2C(=O)O)CC1. The molecule has 202 valence electrons. The van der Waals surface area contributed by atoms with Gasteiger partial charge >= 0.3 is 24.5 Å². The van der Waals surface area contributed by atoms with Gasteiger partial charge in [0, 0.05) is 17.8 Å². The summed E-state index contributed by atoms with van der Waals surface area (Å²) in [6.45, 7) is -1.46. The average molecular weight is 536 g/mol. The number of hydrogen-bond donors (Lipinski definition) is 3. The van der Waals surface area contributed by atoms with E-state index in [1.54, 1.807) is 0 Å². The number of halogens is 6. The predicted octanol–water partition coefficient (Wildman–Crippen LogP) is 5.74. The molecule has 1 aliphatic rings. The zero-order chi connectivity index (χ0) is 27.2. The van der Waals surface area contributed by atoms with E-state index in [4.69, 9.17) is 4.74 Å². The highest BCUT2D eigenvalue weighted by molar-refractivity contribution is 5.91. The second-order valence-electron chi connectivity index (χ2n) is 8.13. The molecule has 3 N–H and O–H groups in total. The fraction of sp³-hybridized carbons (Fsp3) is 0.391. The first-order valence-corrected chi connectivity index (χ1v) is 10.9. The summed E-state index contributed by atoms with van der Waals surface area (Å²) in [5.74, 6) is -2.34. The lowest BCUT2D eigenvalue weighted by Crippen LogP contribution is -2.41. The molecule has 37 heavy (non-hydrogen) atoms. The zero-order valence-electron chi connectivity index (χ0n) is 19.0. The second-order valence-corrected chi connectivity index (χ2v) is 8.13. The van der Waals surface area contributed by atoms with Gasteiger partial charge in [-0.3, -0.25) is 0 Å². The van der Waals surface area contributed by atoms with Crippen LogP contribution in [0.15, 0.2) is 42.5 Å². The Labute approximate surface area is 206 Å². The van der Waals surface area contributed by atoms with E-state index in [-0.39, 0.29) is 23.2 Å². The number of benzene rings is 2. The minimum Gasteiger partial charge on any atom is -0.490 e. The monoisotopic (exact) mass is 536 g/mol. The van der Waals surface area contributed by atoms with Crippen LogP contribution in [0.5, 0.6) is 17.2 Å². The summed E-state index contributed by atoms with van der Waals surface area (Å²) in [6.07, 6.45) is -8.13. The van der Waals surface area contributed by atoms with Crippen LogP contribution >= 0.6 is 0 Å². The molecule has 2 aromatic rings. The Balaban J connectivity index is 1.49. The lowest BCUT2D eigenvalue weighted by atomic mass is 9.93. The van der Waals surface area contributed by atoms with Crippen molar-refractivity contribution in [1.82, 2.24) is 5.32 Å². The molecule has 14 heteroatoms. The van der Waals surface area contributed by atoms with Gasteiger partial charge in [0.1, 0.15) is 22.8 Å². The highest BCUT2D eigenvalue weighted by Gasteiger charge is 2.32. The quantitative estimate of drug-likeness (QED) is 0.372. The van der Waals surface area contributed by atoms with E-state index in [1.807, 2.05) is 0 Å². The normalized spacial score (nSPS) is 18.0. The molecule has 0 aromatic heterocycles. The molecule has 3 rings (SSSR count). The topological polar surface area (TPSA) is 106 Å². The molecule has 0 spiro atoms. The maximum absolute atomic E-state index is 12.4. The Kier molecular flexibility index (Phi) is 8.61. The largest absolute Gasteiger partial charge is 0.573 e. The number of aromatic carboxylic acids is 1. The van der Waals surface area contributed by atoms with Crippen molar-refractivity contribution in [2.45, 2.75) is 50.4 Å². The molecule has 0 aliphatic heterocycles. The summed E-state index contributed by atoms with van der Waals surface area (Å²) in [7, 11) is 0. The summed E-state index contributed by atoms with van der Waals surface area (Å²) >= 11 is 0. The first-order chi connectivity index (χ1) is 17.3. The molecule has 0 radical (unpaired) electrons. The van der Waals surface area contributed by atoms with E-state index >= 15 is 0 Å². The third-order valence-electron chi connectivity index (χ3n) is 5.21. The van der Waals surface area contributed by atoms with Gasteiger partial charge in [-0.15, -0.1) is 13.2 Å². The minimum atomic E-state index is -4.97. The number of nitrogens with one attached hydrogen (secondary N) is 2. The van der Waals surface area contributed by atoms with E-state index < -0.39 is 48.6 Å². The number of alkyl halides is 6. The maximum atomic E-state index is 12.4. The van der Waals surface area contributed by atoms with Crippen molar-refractivity contribution in [3.63, 3.8) is 0 Å². The van der Waals surface area contributed by atoms with Crippen molar-refractivity contribution in [3.8, 4) is 17.2 Å². The summed E-state index contributed by atoms with van der Waals surface area (Å²) in [4.78, 5) is 23.8. The van der Waals surface area contributed by atoms with Crippen LogP contribution in [-0.2, 0) is 0 Å². The number of carboxylic acid groups (broad SMARTS) is 1. The van der Waals surface area contributed by atoms with Crippen LogP contribution < -0.4 is 24.8 Å². The number of carbonyl (C=O) groups is 2. The first kappa shape index (κ1) is 27.7. The number of ether oxygens (including phenoxy) is 3. The highest BCUT2D eigenvalue weighted by atomic mass is 19.4. The Morgan fingerprint density at radius 3 is 2.27 bits per heavy atom. The number of carbonyl (C=O) groups excluding carboxylic acids is 1. The smallest absolute Gasteiger partial charge is 0.490 e. The number of hydrogen-bond acceptors (Lipinski definition) is 5. The van der Waals surface area contributed by atoms with Crippen molar-refractivity contribution >= 4 is 17.7 Å². The van der Waals surface area contributed by atoms with E-state index in [9.17, 15) is 41.0 Å². The van der Waals surface area contributed by atoms with Crippen LogP contribution in [0.2, 0.25) is 0 Å². The highest BCUT2D eigenvalue weighted by Crippen LogP contribution is 2.31. The number of urea groups is 1. The summed E-state index contributed by atoms with van der Waals surface area (Å²) < 4.78 is 88.2. The zero-order valence-corrected chi connectivity index (χ0v) is 19.0. The minimum absolute atomic E-state index is 0.0634. The molecule has 0 bridgehead atoms. The Hall–Kier alpha value is -3.84. The number of amides is 2. The van der Waals surface area contributed by atoms with Gasteiger partial charge < -0.3 is 30.0 Å². The first-order valence-electron chi connectivity index (χ1n) is 10.9. The summed E-state index contributed by atoms with van der Waals surface area (Å²) in [5, 5.41) is 14.6. The Bertz CT molecular complexity index is 1100. The molecule has 8 nitrogen and oxygen atoms in total. The molecular weight excluding hydrogens is 514 g/mol. The average Bonchev–Trinajstić information content (AvgIpc) is 2.78. The van der Waals surface area contributed by atoms with Crippen LogP contribution in [0.4, 0.5) is 36.8 Å². The molecule has 0 heterocycles. The molecule has 1 fully saturated rings. The standard InChI is InChI=1S/C23H22F6N2O6/c24-22(25,26)12-35-16-3-1-2-14(10-16)31-21(34)30-13-4-6-15(7-5-13)36-19-9-8-17(37-23(27,28)29)11-18(19)20(32)33/h1-3,8-11,13,15H,4-7,12H2,(H,32,33)(H2,30,31,34). The number of anilines is 1. The lowest BCUT2D eigenvalue weighted by Gasteiger charge is -2.30. The van der Waals surface area contributed by atoms with Gasteiger partial charge in [-0.2, -0.15) is 13.2 Å². The van der Waals surface area contributed by atoms with E-state index in [1.165, 1.54) is 24.3 Å². The van der Waals surface area contributed by atoms with Crippen molar-refractivity contribution in [1.29, 1.82) is 0 Å². The van der Waals surface area contributed by atoms with Crippen LogP contribution in [0.25, 0.3) is 0 Å². The van der Waals surface area contributed by atoms with Crippen LogP contribution in [0, 0.1) is 0 Å². The van der Waals surface area contributed by atoms with Crippen molar-refractivity contribution < 1.29 is 55.2 Å². The third kappa shape index (κ3) is 9.28. The maximum Gasteiger partial charge on any atom is 0.573 e. The van der Waals surface area contributed by atoms with Crippen LogP contribution in [0.1, 0.15) is 36.0 Å². The third-order valence-corrected chi connectivity index (χ3v) is 5.21. The van der Waals surface area contributed by atoms with E-state index in [0.29, 0.717) is 25.7 Å². The molecule has 2 aromatic carbocycles. The van der Waals surface area contributed by atoms with Gasteiger partial charge in [-0.05, 0) is 56.0 Å². The molecule has 0 saturated heterocycles. The van der Waals surface area contributed by atoms with E-state index in [2.05, 4.69) is 20.1 Å². The fourth-order valence-electron chi connectivity index (χ4n) is 3.66. The fourth-order valence-corrected chi connectivity index (χ4v) is 3.66. The Morgan fingerprint density at radius 1 is 0.946 bits per heavy atom. The Morgan fingerprint density at radius 2 is 1.65 bits per heavy atom. The summed E-state index contributed by atoms with van der Waals surface area (Å²) in [5.41, 5.74) is -0.254. The molecule has 1 aliphatic carbocycles. The number of carboxylic acids is 1. The van der Waals surface area contributed by atoms with Crippen molar-refractivity contribution in [2.24, 2.45) is 0 Å². The predicted molar refractivity (Wildman–Crippen MR) is 117 cm³/mol. The van der Waals surface area contributed by atoms with Gasteiger partial charge in [0.05, 0.1) is 6.10 Å². The molecular formula is C23H22F6N2O6.